The van der Waals surface area contributed by atoms with Gasteiger partial charge in [0.15, 0.2) is 11.6 Å². The van der Waals surface area contributed by atoms with Crippen LogP contribution in [0.15, 0.2) is 11.6 Å². The van der Waals surface area contributed by atoms with Gasteiger partial charge in [-0.2, -0.15) is 0 Å². The maximum Gasteiger partial charge on any atom is 0.161 e. The zero-order valence-corrected chi connectivity index (χ0v) is 16.7. The number of aldehydes is 1. The van der Waals surface area contributed by atoms with E-state index in [4.69, 9.17) is 0 Å². The summed E-state index contributed by atoms with van der Waals surface area (Å²) in [6.07, 6.45) is 2.18. The predicted molar refractivity (Wildman–Crippen MR) is 99.0 cm³/mol. The Bertz CT molecular complexity index is 792. The number of aliphatic hydroxyl groups excluding tert-OH is 1. The molecular weight excluding hydrogens is 363 g/mol. The van der Waals surface area contributed by atoms with Gasteiger partial charge in [-0.05, 0) is 56.6 Å². The highest BCUT2D eigenvalue weighted by molar-refractivity contribution is 5.92. The minimum absolute atomic E-state index is 0.0106. The molecule has 3 saturated carbocycles. The number of alkyl halides is 1. The van der Waals surface area contributed by atoms with E-state index < -0.39 is 40.0 Å². The monoisotopic (exact) mass is 392 g/mol. The number of halogens is 1. The summed E-state index contributed by atoms with van der Waals surface area (Å²) >= 11 is 0. The van der Waals surface area contributed by atoms with Crippen molar-refractivity contribution >= 4 is 17.9 Å². The lowest BCUT2D eigenvalue weighted by molar-refractivity contribution is -0.229. The Balaban J connectivity index is 1.87. The molecule has 0 spiro atoms. The number of ketones is 2. The first-order valence-electron chi connectivity index (χ1n) is 10.3. The normalized spacial score (nSPS) is 52.9. The first-order chi connectivity index (χ1) is 13.0. The van der Waals surface area contributed by atoms with Crippen LogP contribution >= 0.6 is 0 Å². The van der Waals surface area contributed by atoms with E-state index in [0.717, 1.165) is 6.29 Å². The number of rotatable bonds is 2. The molecule has 0 aromatic heterocycles. The van der Waals surface area contributed by atoms with Gasteiger partial charge >= 0.3 is 0 Å². The zero-order chi connectivity index (χ0) is 20.7. The van der Waals surface area contributed by atoms with Crippen molar-refractivity contribution in [2.24, 2.45) is 28.6 Å². The fourth-order valence-electron chi connectivity index (χ4n) is 7.40. The van der Waals surface area contributed by atoms with Gasteiger partial charge in [-0.1, -0.05) is 13.8 Å². The van der Waals surface area contributed by atoms with E-state index in [9.17, 15) is 24.6 Å². The number of aliphatic hydroxyl groups is 2. The first kappa shape index (κ1) is 19.9. The lowest BCUT2D eigenvalue weighted by Crippen LogP contribution is -2.70. The van der Waals surface area contributed by atoms with Crippen LogP contribution in [0.5, 0.6) is 0 Å². The van der Waals surface area contributed by atoms with Crippen molar-refractivity contribution in [3.63, 3.8) is 0 Å². The van der Waals surface area contributed by atoms with E-state index in [1.54, 1.807) is 13.8 Å². The van der Waals surface area contributed by atoms with Crippen molar-refractivity contribution in [1.82, 2.24) is 0 Å². The minimum atomic E-state index is -1.99. The lowest BCUT2D eigenvalue weighted by atomic mass is 9.42. The molecule has 154 valence electrons. The van der Waals surface area contributed by atoms with Gasteiger partial charge in [-0.3, -0.25) is 9.59 Å². The maximum atomic E-state index is 16.9. The number of hydrogen-bond acceptors (Lipinski definition) is 5. The van der Waals surface area contributed by atoms with Crippen molar-refractivity contribution in [2.75, 3.05) is 0 Å². The third-order valence-corrected chi connectivity index (χ3v) is 9.03. The molecule has 0 aromatic rings. The Labute approximate surface area is 164 Å². The van der Waals surface area contributed by atoms with Crippen LogP contribution in [0.3, 0.4) is 0 Å². The molecule has 2 N–H and O–H groups in total. The van der Waals surface area contributed by atoms with E-state index in [0.29, 0.717) is 12.0 Å². The van der Waals surface area contributed by atoms with Crippen LogP contribution in [0.1, 0.15) is 59.3 Å². The van der Waals surface area contributed by atoms with E-state index in [1.165, 1.54) is 13.0 Å². The predicted octanol–water partition coefficient (Wildman–Crippen LogP) is 2.33. The summed E-state index contributed by atoms with van der Waals surface area (Å²) in [6.45, 7) is 4.86. The third kappa shape index (κ3) is 2.06. The van der Waals surface area contributed by atoms with E-state index in [-0.39, 0.29) is 49.6 Å². The largest absolute Gasteiger partial charge is 0.390 e. The molecule has 3 fully saturated rings. The lowest BCUT2D eigenvalue weighted by Gasteiger charge is -2.64. The van der Waals surface area contributed by atoms with E-state index in [1.807, 2.05) is 0 Å². The summed E-state index contributed by atoms with van der Waals surface area (Å²) in [4.78, 5) is 36.2. The highest BCUT2D eigenvalue weighted by atomic mass is 19.1. The molecule has 4 aliphatic rings. The first-order valence-corrected chi connectivity index (χ1v) is 10.3. The van der Waals surface area contributed by atoms with Crippen molar-refractivity contribution in [3.8, 4) is 0 Å². The molecule has 28 heavy (non-hydrogen) atoms. The van der Waals surface area contributed by atoms with Gasteiger partial charge in [0.2, 0.25) is 0 Å². The number of Topliss-reactive ketones (excluding diaryl/α,β-unsaturated/α-hetero) is 1. The third-order valence-electron chi connectivity index (χ3n) is 9.03. The Kier molecular flexibility index (Phi) is 4.13. The maximum absolute atomic E-state index is 16.9. The molecule has 4 rings (SSSR count). The average Bonchev–Trinajstić information content (AvgIpc) is 2.89. The van der Waals surface area contributed by atoms with Gasteiger partial charge in [0.25, 0.3) is 0 Å². The van der Waals surface area contributed by atoms with Crippen LogP contribution in [0, 0.1) is 28.6 Å². The van der Waals surface area contributed by atoms with Gasteiger partial charge in [0.1, 0.15) is 17.6 Å². The molecule has 0 heterocycles. The molecule has 0 radical (unpaired) electrons. The van der Waals surface area contributed by atoms with E-state index >= 15 is 4.39 Å². The molecule has 0 amide bonds. The van der Waals surface area contributed by atoms with Crippen molar-refractivity contribution < 1.29 is 29.0 Å². The molecule has 6 heteroatoms. The smallest absolute Gasteiger partial charge is 0.161 e. The van der Waals surface area contributed by atoms with Gasteiger partial charge in [0.05, 0.1) is 6.10 Å². The van der Waals surface area contributed by atoms with Crippen LogP contribution < -0.4 is 0 Å². The Morgan fingerprint density at radius 2 is 1.96 bits per heavy atom. The quantitative estimate of drug-likeness (QED) is 0.704. The molecule has 0 aliphatic heterocycles. The van der Waals surface area contributed by atoms with Crippen molar-refractivity contribution in [1.29, 1.82) is 0 Å². The highest BCUT2D eigenvalue weighted by Crippen LogP contribution is 2.70. The second kappa shape index (κ2) is 5.82. The number of carbonyl (C=O) groups excluding carboxylic acids is 3. The van der Waals surface area contributed by atoms with Crippen molar-refractivity contribution in [2.45, 2.75) is 76.7 Å². The van der Waals surface area contributed by atoms with Crippen molar-refractivity contribution in [3.05, 3.63) is 11.6 Å². The summed E-state index contributed by atoms with van der Waals surface area (Å²) in [7, 11) is 0. The van der Waals surface area contributed by atoms with Gasteiger partial charge in [0, 0.05) is 29.1 Å². The van der Waals surface area contributed by atoms with Crippen LogP contribution in [-0.2, 0) is 14.4 Å². The second-order valence-electron chi connectivity index (χ2n) is 9.95. The van der Waals surface area contributed by atoms with Gasteiger partial charge in [-0.25, -0.2) is 4.39 Å². The summed E-state index contributed by atoms with van der Waals surface area (Å²) < 4.78 is 16.9. The number of carbonyl (C=O) groups is 3. The van der Waals surface area contributed by atoms with E-state index in [2.05, 4.69) is 0 Å². The number of fused-ring (bicyclic) bond motifs is 5. The summed E-state index contributed by atoms with van der Waals surface area (Å²) in [5.41, 5.74) is -5.12. The SMILES string of the molecule is CC(=O)[C@@]1(O)CCC2C3CC(C=O)C4=CC(=O)CC[C@]4(C)[C@@]3(F)[C@@H](O)C[C@@]21C. The topological polar surface area (TPSA) is 91.7 Å². The van der Waals surface area contributed by atoms with Crippen LogP contribution in [0.25, 0.3) is 0 Å². The minimum Gasteiger partial charge on any atom is -0.390 e. The second-order valence-corrected chi connectivity index (χ2v) is 9.95. The molecule has 4 aliphatic carbocycles. The van der Waals surface area contributed by atoms with Crippen LogP contribution in [-0.4, -0.2) is 45.4 Å². The zero-order valence-electron chi connectivity index (χ0n) is 16.7. The molecule has 0 saturated heterocycles. The summed E-state index contributed by atoms with van der Waals surface area (Å²) in [5.74, 6) is -2.01. The fraction of sp³-hybridized carbons (Fsp3) is 0.773. The molecule has 0 aromatic carbocycles. The van der Waals surface area contributed by atoms with Crippen LogP contribution in [0.2, 0.25) is 0 Å². The Morgan fingerprint density at radius 3 is 2.57 bits per heavy atom. The van der Waals surface area contributed by atoms with Gasteiger partial charge in [-0.15, -0.1) is 0 Å². The van der Waals surface area contributed by atoms with Gasteiger partial charge < -0.3 is 15.0 Å². The number of allylic oxidation sites excluding steroid dienone is 1. The number of hydrogen-bond donors (Lipinski definition) is 2. The van der Waals surface area contributed by atoms with Crippen LogP contribution in [0.4, 0.5) is 4.39 Å². The standard InChI is InChI=1S/C22H29FO5/c1-12(25)21(28)7-5-15-17-8-13(11-24)16-9-14(26)4-6-19(16,2)22(17,23)18(27)10-20(15,21)3/h9,11,13,15,17-18,27-28H,4-8,10H2,1-3H3/t13?,15?,17?,18-,19-,20-,21-,22-/m0/s1. The average molecular weight is 392 g/mol. The highest BCUT2D eigenvalue weighted by Gasteiger charge is 2.74. The molecule has 5 nitrogen and oxygen atoms in total. The molecule has 3 unspecified atom stereocenters. The fourth-order valence-corrected chi connectivity index (χ4v) is 7.40. The summed E-state index contributed by atoms with van der Waals surface area (Å²) in [6, 6.07) is 0. The Hall–Kier alpha value is -1.40. The molecule has 8 atom stereocenters. The molecular formula is C22H29FO5. The molecule has 0 bridgehead atoms. The summed E-state index contributed by atoms with van der Waals surface area (Å²) in [5, 5.41) is 22.3. The Morgan fingerprint density at radius 1 is 1.29 bits per heavy atom.